The standard InChI is InChI=1S/C2H8N2.2CH4.Ga.HN.H/c1-4(2)3;;;;;/h3H2,1-2H3;2*1H4;;1H;. The summed E-state index contributed by atoms with van der Waals surface area (Å²) in [7, 11) is 3.56. The van der Waals surface area contributed by atoms with E-state index in [1.807, 2.05) is 0 Å². The number of hydrogen-bond acceptors (Lipinski definition) is 3. The molecule has 0 aromatic heterocycles. The molecule has 3 N–H and O–H groups in total. The van der Waals surface area contributed by atoms with Crippen LogP contribution in [0.1, 0.15) is 14.9 Å². The molecule has 0 spiro atoms. The van der Waals surface area contributed by atoms with Crippen molar-refractivity contribution in [2.45, 2.75) is 14.9 Å². The fraction of sp³-hybridized carbons (Fsp3) is 1.00. The zero-order valence-electron chi connectivity index (χ0n) is 4.23. The molecule has 0 amide bonds. The molecule has 0 saturated carbocycles. The molecule has 0 aromatic carbocycles. The molecule has 3 nitrogen and oxygen atoms in total. The van der Waals surface area contributed by atoms with Gasteiger partial charge in [0.2, 0.25) is 0 Å². The van der Waals surface area contributed by atoms with Gasteiger partial charge in [0, 0.05) is 14.1 Å². The summed E-state index contributed by atoms with van der Waals surface area (Å²) >= 11 is 0.625. The summed E-state index contributed by atoms with van der Waals surface area (Å²) in [5, 5.41) is 1.50. The summed E-state index contributed by atoms with van der Waals surface area (Å²) < 4.78 is 5.88. The Labute approximate surface area is 62.8 Å². The van der Waals surface area contributed by atoms with E-state index in [0.29, 0.717) is 18.4 Å². The van der Waals surface area contributed by atoms with Gasteiger partial charge in [-0.2, -0.15) is 0 Å². The second-order valence-corrected chi connectivity index (χ2v) is 0.964. The molecule has 0 aliphatic rings. The third kappa shape index (κ3) is 1440. The van der Waals surface area contributed by atoms with E-state index in [1.165, 1.54) is 5.01 Å². The molecule has 0 radical (unpaired) electrons. The van der Waals surface area contributed by atoms with Gasteiger partial charge in [-0.15, -0.1) is 0 Å². The van der Waals surface area contributed by atoms with Gasteiger partial charge in [0.25, 0.3) is 0 Å². The van der Waals surface area contributed by atoms with Gasteiger partial charge in [0.05, 0.1) is 0 Å². The number of nitrogens with one attached hydrogen (secondary N) is 1. The van der Waals surface area contributed by atoms with Crippen LogP contribution in [0.4, 0.5) is 0 Å². The van der Waals surface area contributed by atoms with E-state index in [0.717, 1.165) is 0 Å². The molecule has 0 rings (SSSR count). The molecule has 0 saturated heterocycles. The van der Waals surface area contributed by atoms with E-state index < -0.39 is 0 Å². The first-order valence-corrected chi connectivity index (χ1v) is 2.99. The Morgan fingerprint density at radius 3 is 1.25 bits per heavy atom. The van der Waals surface area contributed by atoms with Crippen molar-refractivity contribution in [1.82, 2.24) is 5.01 Å². The van der Waals surface area contributed by atoms with Gasteiger partial charge >= 0.3 is 22.5 Å². The third-order valence-electron chi connectivity index (χ3n) is 0. The van der Waals surface area contributed by atoms with Crippen LogP contribution < -0.4 is 5.84 Å². The summed E-state index contributed by atoms with van der Waals surface area (Å²) in [6.07, 6.45) is 0. The molecule has 0 aromatic rings. The maximum absolute atomic E-state index is 5.88. The number of nitrogens with two attached hydrogens (primary N) is 1. The predicted octanol–water partition coefficient (Wildman–Crippen LogP) is 0.343. The van der Waals surface area contributed by atoms with Crippen LogP contribution >= 0.6 is 0 Å². The van der Waals surface area contributed by atoms with E-state index in [1.54, 1.807) is 14.1 Å². The first-order valence-electron chi connectivity index (χ1n) is 1.51. The van der Waals surface area contributed by atoms with Gasteiger partial charge in [0.15, 0.2) is 0 Å². The molecule has 0 bridgehead atoms. The normalized spacial score (nSPS) is 4.88. The molecule has 4 heteroatoms. The molecular formula is C4H18GaN3. The van der Waals surface area contributed by atoms with E-state index >= 15 is 0 Å². The minimum absolute atomic E-state index is 0. The number of hydrazine groups is 1. The molecule has 52 valence electrons. The van der Waals surface area contributed by atoms with Crippen molar-refractivity contribution in [2.75, 3.05) is 14.1 Å². The Hall–Kier alpha value is 0.356. The van der Waals surface area contributed by atoms with Crippen molar-refractivity contribution in [3.8, 4) is 0 Å². The van der Waals surface area contributed by atoms with Crippen molar-refractivity contribution in [3.05, 3.63) is 0 Å². The van der Waals surface area contributed by atoms with Crippen LogP contribution in [0, 0.1) is 4.06 Å². The quantitative estimate of drug-likeness (QED) is 0.319. The Balaban J connectivity index is -0.0000000183. The monoisotopic (exact) mass is 177 g/mol. The maximum atomic E-state index is 5.88. The molecule has 0 aliphatic carbocycles. The van der Waals surface area contributed by atoms with Gasteiger partial charge < -0.3 is 0 Å². The van der Waals surface area contributed by atoms with Gasteiger partial charge in [-0.1, -0.05) is 14.9 Å². The van der Waals surface area contributed by atoms with E-state index in [2.05, 4.69) is 0 Å². The van der Waals surface area contributed by atoms with Gasteiger partial charge in [-0.05, 0) is 0 Å². The SMILES string of the molecule is C.C.CN(C)N.[NH]=[GaH]. The fourth-order valence-electron chi connectivity index (χ4n) is 0. The van der Waals surface area contributed by atoms with Gasteiger partial charge in [-0.3, -0.25) is 10.9 Å². The Morgan fingerprint density at radius 1 is 1.25 bits per heavy atom. The summed E-state index contributed by atoms with van der Waals surface area (Å²) in [6, 6.07) is 0. The molecule has 0 unspecified atom stereocenters. The first kappa shape index (κ1) is 23.8. The summed E-state index contributed by atoms with van der Waals surface area (Å²) in [4.78, 5) is 0. The summed E-state index contributed by atoms with van der Waals surface area (Å²) in [5.41, 5.74) is 0. The van der Waals surface area contributed by atoms with Gasteiger partial charge in [0.1, 0.15) is 0 Å². The zero-order chi connectivity index (χ0) is 5.58. The molecule has 0 atom stereocenters. The molecular weight excluding hydrogens is 160 g/mol. The number of rotatable bonds is 0. The van der Waals surface area contributed by atoms with E-state index in [-0.39, 0.29) is 14.9 Å². The van der Waals surface area contributed by atoms with Crippen molar-refractivity contribution in [3.63, 3.8) is 0 Å². The molecule has 8 heavy (non-hydrogen) atoms. The average Bonchev–Trinajstić information content (AvgIpc) is 1.41. The second-order valence-electron chi connectivity index (χ2n) is 0.964. The van der Waals surface area contributed by atoms with Crippen LogP contribution in [0.5, 0.6) is 0 Å². The van der Waals surface area contributed by atoms with Crippen molar-refractivity contribution >= 4 is 18.4 Å². The summed E-state index contributed by atoms with van der Waals surface area (Å²) in [6.45, 7) is 0. The second kappa shape index (κ2) is 26.4. The first-order chi connectivity index (χ1) is 2.73. The topological polar surface area (TPSA) is 53.1 Å². The molecule has 0 heterocycles. The van der Waals surface area contributed by atoms with Crippen molar-refractivity contribution in [1.29, 1.82) is 4.06 Å². The Kier molecular flexibility index (Phi) is 78.6. The van der Waals surface area contributed by atoms with Crippen molar-refractivity contribution < 1.29 is 0 Å². The van der Waals surface area contributed by atoms with Crippen LogP contribution in [-0.4, -0.2) is 37.5 Å². The van der Waals surface area contributed by atoms with Crippen LogP contribution in [0.25, 0.3) is 0 Å². The Bertz CT molecular complexity index is 22.5. The average molecular weight is 178 g/mol. The number of hydrogen-bond donors (Lipinski definition) is 2. The van der Waals surface area contributed by atoms with Crippen LogP contribution in [-0.2, 0) is 0 Å². The molecule has 0 aliphatic heterocycles. The third-order valence-corrected chi connectivity index (χ3v) is 0. The van der Waals surface area contributed by atoms with Crippen LogP contribution in [0.3, 0.4) is 0 Å². The minimum atomic E-state index is 0. The van der Waals surface area contributed by atoms with Crippen molar-refractivity contribution in [2.24, 2.45) is 5.84 Å². The van der Waals surface area contributed by atoms with Crippen LogP contribution in [0.2, 0.25) is 0 Å². The zero-order valence-corrected chi connectivity index (χ0v) is 7.20. The van der Waals surface area contributed by atoms with E-state index in [9.17, 15) is 0 Å². The molecule has 0 fully saturated rings. The van der Waals surface area contributed by atoms with Crippen LogP contribution in [0.15, 0.2) is 0 Å². The number of nitrogens with zero attached hydrogens (tertiary/aromatic N) is 1. The van der Waals surface area contributed by atoms with E-state index in [4.69, 9.17) is 9.91 Å². The fourth-order valence-corrected chi connectivity index (χ4v) is 0. The van der Waals surface area contributed by atoms with Gasteiger partial charge in [-0.25, -0.2) is 0 Å². The predicted molar refractivity (Wildman–Crippen MR) is 41.2 cm³/mol. The summed E-state index contributed by atoms with van der Waals surface area (Å²) in [5.74, 6) is 4.94. The Morgan fingerprint density at radius 2 is 1.25 bits per heavy atom.